The van der Waals surface area contributed by atoms with E-state index in [1.165, 1.54) is 0 Å². The molecule has 0 aliphatic carbocycles. The lowest BCUT2D eigenvalue weighted by molar-refractivity contribution is 0.130. The molecule has 0 heterocycles. The van der Waals surface area contributed by atoms with E-state index in [9.17, 15) is 4.79 Å². The Balaban J connectivity index is 2.83. The van der Waals surface area contributed by atoms with E-state index in [2.05, 4.69) is 12.2 Å². The molecule has 1 N–H and O–H groups in total. The fourth-order valence-corrected chi connectivity index (χ4v) is 1.55. The lowest BCUT2D eigenvalue weighted by atomic mass is 10.1. The number of carbonyl (C=O) groups is 1. The smallest absolute Gasteiger partial charge is 0.411 e. The first-order chi connectivity index (χ1) is 7.54. The van der Waals surface area contributed by atoms with Gasteiger partial charge in [-0.3, -0.25) is 5.32 Å². The molecule has 1 amide bonds. The predicted molar refractivity (Wildman–Crippen MR) is 65.8 cm³/mol. The molecule has 88 valence electrons. The Hall–Kier alpha value is -1.51. The summed E-state index contributed by atoms with van der Waals surface area (Å²) in [7, 11) is 0. The molecule has 0 aliphatic heterocycles. The maximum atomic E-state index is 11.5. The Morgan fingerprint density at radius 2 is 2.12 bits per heavy atom. The Labute approximate surface area is 96.8 Å². The highest BCUT2D eigenvalue weighted by atomic mass is 16.6. The molecule has 3 heteroatoms. The van der Waals surface area contributed by atoms with Crippen molar-refractivity contribution < 1.29 is 9.53 Å². The van der Waals surface area contributed by atoms with Crippen molar-refractivity contribution in [2.45, 2.75) is 40.2 Å². The molecule has 1 rings (SSSR count). The number of hydrogen-bond acceptors (Lipinski definition) is 2. The van der Waals surface area contributed by atoms with Crippen LogP contribution in [0, 0.1) is 6.92 Å². The summed E-state index contributed by atoms with van der Waals surface area (Å²) in [6, 6.07) is 5.98. The van der Waals surface area contributed by atoms with E-state index >= 15 is 0 Å². The third kappa shape index (κ3) is 3.26. The molecule has 0 saturated heterocycles. The van der Waals surface area contributed by atoms with E-state index in [4.69, 9.17) is 4.74 Å². The van der Waals surface area contributed by atoms with Gasteiger partial charge in [0.1, 0.15) is 0 Å². The minimum Gasteiger partial charge on any atom is -0.447 e. The number of benzene rings is 1. The van der Waals surface area contributed by atoms with Crippen LogP contribution in [-0.4, -0.2) is 12.2 Å². The zero-order chi connectivity index (χ0) is 12.1. The average Bonchev–Trinajstić information content (AvgIpc) is 2.20. The highest BCUT2D eigenvalue weighted by Gasteiger charge is 2.10. The lowest BCUT2D eigenvalue weighted by Crippen LogP contribution is -2.19. The van der Waals surface area contributed by atoms with Crippen molar-refractivity contribution in [3.8, 4) is 0 Å². The summed E-state index contributed by atoms with van der Waals surface area (Å²) in [5, 5.41) is 2.80. The van der Waals surface area contributed by atoms with Gasteiger partial charge in [0.2, 0.25) is 0 Å². The SMILES string of the molecule is CCc1cccc(C)c1NC(=O)OC(C)C. The van der Waals surface area contributed by atoms with Gasteiger partial charge in [-0.25, -0.2) is 4.79 Å². The van der Waals surface area contributed by atoms with E-state index < -0.39 is 0 Å². The van der Waals surface area contributed by atoms with E-state index in [0.29, 0.717) is 0 Å². The second-order valence-electron chi connectivity index (χ2n) is 4.04. The molecule has 1 aromatic carbocycles. The summed E-state index contributed by atoms with van der Waals surface area (Å²) in [4.78, 5) is 11.5. The van der Waals surface area contributed by atoms with Crippen LogP contribution in [0.4, 0.5) is 10.5 Å². The number of para-hydroxylation sites is 1. The summed E-state index contributed by atoms with van der Waals surface area (Å²) >= 11 is 0. The molecular formula is C13H19NO2. The number of hydrogen-bond donors (Lipinski definition) is 1. The van der Waals surface area contributed by atoms with Crippen molar-refractivity contribution >= 4 is 11.8 Å². The molecule has 0 atom stereocenters. The molecule has 1 aromatic rings. The Kier molecular flexibility index (Phi) is 4.35. The average molecular weight is 221 g/mol. The second kappa shape index (κ2) is 5.54. The van der Waals surface area contributed by atoms with Gasteiger partial charge < -0.3 is 4.74 Å². The van der Waals surface area contributed by atoms with Crippen molar-refractivity contribution in [1.29, 1.82) is 0 Å². The van der Waals surface area contributed by atoms with E-state index in [1.54, 1.807) is 0 Å². The molecule has 0 unspecified atom stereocenters. The normalized spacial score (nSPS) is 10.3. The van der Waals surface area contributed by atoms with Crippen LogP contribution in [-0.2, 0) is 11.2 Å². The topological polar surface area (TPSA) is 38.3 Å². The molecule has 0 spiro atoms. The molecule has 0 radical (unpaired) electrons. The number of nitrogens with one attached hydrogen (secondary N) is 1. The minimum atomic E-state index is -0.390. The molecule has 0 fully saturated rings. The predicted octanol–water partition coefficient (Wildman–Crippen LogP) is 3.51. The molecule has 16 heavy (non-hydrogen) atoms. The number of carbonyl (C=O) groups excluding carboxylic acids is 1. The maximum absolute atomic E-state index is 11.5. The second-order valence-corrected chi connectivity index (χ2v) is 4.04. The van der Waals surface area contributed by atoms with Crippen molar-refractivity contribution in [3.05, 3.63) is 29.3 Å². The van der Waals surface area contributed by atoms with Crippen molar-refractivity contribution in [3.63, 3.8) is 0 Å². The number of amides is 1. The number of rotatable bonds is 3. The molecule has 0 aromatic heterocycles. The molecule has 0 aliphatic rings. The Morgan fingerprint density at radius 1 is 1.44 bits per heavy atom. The van der Waals surface area contributed by atoms with Gasteiger partial charge in [-0.1, -0.05) is 25.1 Å². The van der Waals surface area contributed by atoms with E-state index in [0.717, 1.165) is 23.2 Å². The van der Waals surface area contributed by atoms with Crippen LogP contribution in [0.1, 0.15) is 31.9 Å². The van der Waals surface area contributed by atoms with Gasteiger partial charge >= 0.3 is 6.09 Å². The molecular weight excluding hydrogens is 202 g/mol. The molecule has 0 saturated carbocycles. The number of aryl methyl sites for hydroxylation is 2. The van der Waals surface area contributed by atoms with Gasteiger partial charge in [0.15, 0.2) is 0 Å². The van der Waals surface area contributed by atoms with Gasteiger partial charge in [0.25, 0.3) is 0 Å². The lowest BCUT2D eigenvalue weighted by Gasteiger charge is -2.14. The molecule has 0 bridgehead atoms. The van der Waals surface area contributed by atoms with Gasteiger partial charge in [0.05, 0.1) is 11.8 Å². The van der Waals surface area contributed by atoms with Crippen molar-refractivity contribution in [2.75, 3.05) is 5.32 Å². The van der Waals surface area contributed by atoms with Crippen LogP contribution >= 0.6 is 0 Å². The highest BCUT2D eigenvalue weighted by molar-refractivity contribution is 5.86. The van der Waals surface area contributed by atoms with Crippen LogP contribution < -0.4 is 5.32 Å². The standard InChI is InChI=1S/C13H19NO2/c1-5-11-8-6-7-10(4)12(11)14-13(15)16-9(2)3/h6-9H,5H2,1-4H3,(H,14,15). The summed E-state index contributed by atoms with van der Waals surface area (Å²) < 4.78 is 5.06. The number of anilines is 1. The third-order valence-corrected chi connectivity index (χ3v) is 2.31. The largest absolute Gasteiger partial charge is 0.447 e. The van der Waals surface area contributed by atoms with Crippen LogP contribution in [0.3, 0.4) is 0 Å². The quantitative estimate of drug-likeness (QED) is 0.848. The first kappa shape index (κ1) is 12.6. The Morgan fingerprint density at radius 3 is 2.69 bits per heavy atom. The summed E-state index contributed by atoms with van der Waals surface area (Å²) in [6.45, 7) is 7.70. The van der Waals surface area contributed by atoms with Crippen LogP contribution in [0.5, 0.6) is 0 Å². The van der Waals surface area contributed by atoms with Crippen LogP contribution in [0.25, 0.3) is 0 Å². The van der Waals surface area contributed by atoms with Crippen LogP contribution in [0.15, 0.2) is 18.2 Å². The van der Waals surface area contributed by atoms with Crippen molar-refractivity contribution in [1.82, 2.24) is 0 Å². The first-order valence-electron chi connectivity index (χ1n) is 5.60. The van der Waals surface area contributed by atoms with Gasteiger partial charge in [-0.05, 0) is 38.3 Å². The third-order valence-electron chi connectivity index (χ3n) is 2.31. The van der Waals surface area contributed by atoms with Gasteiger partial charge in [-0.15, -0.1) is 0 Å². The molecule has 3 nitrogen and oxygen atoms in total. The first-order valence-corrected chi connectivity index (χ1v) is 5.60. The zero-order valence-electron chi connectivity index (χ0n) is 10.3. The fraction of sp³-hybridized carbons (Fsp3) is 0.462. The Bertz CT molecular complexity index is 372. The van der Waals surface area contributed by atoms with Crippen LogP contribution in [0.2, 0.25) is 0 Å². The van der Waals surface area contributed by atoms with Crippen molar-refractivity contribution in [2.24, 2.45) is 0 Å². The fourth-order valence-electron chi connectivity index (χ4n) is 1.55. The summed E-state index contributed by atoms with van der Waals surface area (Å²) in [5.41, 5.74) is 3.05. The minimum absolute atomic E-state index is 0.103. The summed E-state index contributed by atoms with van der Waals surface area (Å²) in [6.07, 6.45) is 0.395. The summed E-state index contributed by atoms with van der Waals surface area (Å²) in [5.74, 6) is 0. The maximum Gasteiger partial charge on any atom is 0.411 e. The van der Waals surface area contributed by atoms with E-state index in [1.807, 2.05) is 39.0 Å². The highest BCUT2D eigenvalue weighted by Crippen LogP contribution is 2.21. The van der Waals surface area contributed by atoms with E-state index in [-0.39, 0.29) is 12.2 Å². The monoisotopic (exact) mass is 221 g/mol. The van der Waals surface area contributed by atoms with Gasteiger partial charge in [-0.2, -0.15) is 0 Å². The zero-order valence-corrected chi connectivity index (χ0v) is 10.3. The van der Waals surface area contributed by atoms with Gasteiger partial charge in [0, 0.05) is 0 Å². The number of ether oxygens (including phenoxy) is 1.